The van der Waals surface area contributed by atoms with Gasteiger partial charge < -0.3 is 10.2 Å². The Morgan fingerprint density at radius 1 is 1.53 bits per heavy atom. The van der Waals surface area contributed by atoms with E-state index in [1.54, 1.807) is 14.1 Å². The van der Waals surface area contributed by atoms with Gasteiger partial charge in [-0.15, -0.1) is 12.4 Å². The molecule has 1 aromatic rings. The number of hydrogen-bond acceptors (Lipinski definition) is 2. The summed E-state index contributed by atoms with van der Waals surface area (Å²) in [6.07, 6.45) is 0. The van der Waals surface area contributed by atoms with Gasteiger partial charge in [-0.2, -0.15) is 0 Å². The van der Waals surface area contributed by atoms with Crippen LogP contribution in [0.25, 0.3) is 0 Å². The van der Waals surface area contributed by atoms with Crippen LogP contribution >= 0.6 is 24.0 Å². The predicted molar refractivity (Wildman–Crippen MR) is 69.5 cm³/mol. The molecule has 6 heteroatoms. The quantitative estimate of drug-likeness (QED) is 0.917. The number of hydrogen-bond donors (Lipinski definition) is 1. The smallest absolute Gasteiger partial charge is 0.258 e. The van der Waals surface area contributed by atoms with Crippen molar-refractivity contribution in [2.24, 2.45) is 0 Å². The van der Waals surface area contributed by atoms with Crippen LogP contribution in [0.1, 0.15) is 10.4 Å². The minimum atomic E-state index is -0.589. The molecule has 0 saturated carbocycles. The Balaban J connectivity index is 0.00000256. The third-order valence-corrected chi connectivity index (χ3v) is 2.54. The van der Waals surface area contributed by atoms with Gasteiger partial charge in [0.05, 0.1) is 10.6 Å². The molecule has 0 bridgehead atoms. The van der Waals surface area contributed by atoms with Gasteiger partial charge in [0.15, 0.2) is 0 Å². The number of carbonyl (C=O) groups excluding carboxylic acids is 1. The summed E-state index contributed by atoms with van der Waals surface area (Å²) in [7, 11) is 3.40. The van der Waals surface area contributed by atoms with Gasteiger partial charge >= 0.3 is 0 Å². The summed E-state index contributed by atoms with van der Waals surface area (Å²) in [6, 6.07) is 4.21. The SMILES string of the molecule is CNCCN(C)C(=O)c1c(F)cccc1Cl.Cl. The standard InChI is InChI=1S/C11H14ClFN2O.ClH/c1-14-6-7-15(2)11(16)10-8(12)4-3-5-9(10)13;/h3-5,14H,6-7H2,1-2H3;1H. The van der Waals surface area contributed by atoms with E-state index in [1.807, 2.05) is 0 Å². The van der Waals surface area contributed by atoms with Crippen molar-refractivity contribution in [1.29, 1.82) is 0 Å². The van der Waals surface area contributed by atoms with Crippen LogP contribution in [0.15, 0.2) is 18.2 Å². The van der Waals surface area contributed by atoms with Crippen molar-refractivity contribution < 1.29 is 9.18 Å². The van der Waals surface area contributed by atoms with E-state index in [0.717, 1.165) is 0 Å². The van der Waals surface area contributed by atoms with E-state index in [1.165, 1.54) is 23.1 Å². The van der Waals surface area contributed by atoms with E-state index < -0.39 is 11.7 Å². The highest BCUT2D eigenvalue weighted by molar-refractivity contribution is 6.33. The van der Waals surface area contributed by atoms with Gasteiger partial charge in [-0.25, -0.2) is 4.39 Å². The number of nitrogens with one attached hydrogen (secondary N) is 1. The van der Waals surface area contributed by atoms with Gasteiger partial charge in [0.1, 0.15) is 5.82 Å². The van der Waals surface area contributed by atoms with Crippen LogP contribution in [-0.4, -0.2) is 38.0 Å². The first kappa shape index (κ1) is 16.2. The molecule has 0 heterocycles. The lowest BCUT2D eigenvalue weighted by molar-refractivity contribution is 0.0792. The predicted octanol–water partition coefficient (Wildman–Crippen LogP) is 2.19. The second kappa shape index (κ2) is 7.48. The lowest BCUT2D eigenvalue weighted by Gasteiger charge is -2.17. The fourth-order valence-electron chi connectivity index (χ4n) is 1.27. The molecule has 0 spiro atoms. The highest BCUT2D eigenvalue weighted by Crippen LogP contribution is 2.20. The average Bonchev–Trinajstić information content (AvgIpc) is 2.25. The summed E-state index contributed by atoms with van der Waals surface area (Å²) in [4.78, 5) is 13.3. The molecule has 0 saturated heterocycles. The monoisotopic (exact) mass is 280 g/mol. The fraction of sp³-hybridized carbons (Fsp3) is 0.364. The van der Waals surface area contributed by atoms with Crippen molar-refractivity contribution in [1.82, 2.24) is 10.2 Å². The van der Waals surface area contributed by atoms with Crippen LogP contribution in [0.3, 0.4) is 0 Å². The van der Waals surface area contributed by atoms with E-state index in [9.17, 15) is 9.18 Å². The van der Waals surface area contributed by atoms with Crippen LogP contribution in [-0.2, 0) is 0 Å². The molecule has 0 atom stereocenters. The number of carbonyl (C=O) groups is 1. The Hall–Kier alpha value is -0.840. The first-order valence-electron chi connectivity index (χ1n) is 4.92. The normalized spacial score (nSPS) is 9.65. The van der Waals surface area contributed by atoms with Gasteiger partial charge in [-0.3, -0.25) is 4.79 Å². The van der Waals surface area contributed by atoms with Crippen LogP contribution < -0.4 is 5.32 Å². The molecule has 0 aliphatic carbocycles. The molecule has 1 N–H and O–H groups in total. The minimum absolute atomic E-state index is 0. The zero-order chi connectivity index (χ0) is 12.1. The number of rotatable bonds is 4. The van der Waals surface area contributed by atoms with Crippen LogP contribution in [0.2, 0.25) is 5.02 Å². The first-order chi connectivity index (χ1) is 7.57. The summed E-state index contributed by atoms with van der Waals surface area (Å²) in [5.41, 5.74) is -0.0669. The van der Waals surface area contributed by atoms with Gasteiger partial charge in [-0.1, -0.05) is 17.7 Å². The number of benzene rings is 1. The van der Waals surface area contributed by atoms with Gasteiger partial charge in [-0.05, 0) is 19.2 Å². The van der Waals surface area contributed by atoms with Crippen LogP contribution in [0.4, 0.5) is 4.39 Å². The molecule has 0 aliphatic rings. The number of nitrogens with zero attached hydrogens (tertiary/aromatic N) is 1. The average molecular weight is 281 g/mol. The molecule has 0 unspecified atom stereocenters. The first-order valence-corrected chi connectivity index (χ1v) is 5.29. The Bertz CT molecular complexity index is 367. The molecule has 96 valence electrons. The molecule has 17 heavy (non-hydrogen) atoms. The van der Waals surface area contributed by atoms with E-state index in [-0.39, 0.29) is 23.0 Å². The van der Waals surface area contributed by atoms with Crippen molar-refractivity contribution >= 4 is 29.9 Å². The van der Waals surface area contributed by atoms with Gasteiger partial charge in [0, 0.05) is 20.1 Å². The summed E-state index contributed by atoms with van der Waals surface area (Å²) < 4.78 is 13.4. The molecule has 1 amide bonds. The maximum Gasteiger partial charge on any atom is 0.258 e. The van der Waals surface area contributed by atoms with E-state index >= 15 is 0 Å². The second-order valence-corrected chi connectivity index (χ2v) is 3.83. The summed E-state index contributed by atoms with van der Waals surface area (Å²) in [5.74, 6) is -0.993. The topological polar surface area (TPSA) is 32.3 Å². The van der Waals surface area contributed by atoms with Crippen molar-refractivity contribution in [3.05, 3.63) is 34.6 Å². The number of halogens is 3. The Morgan fingerprint density at radius 2 is 2.18 bits per heavy atom. The summed E-state index contributed by atoms with van der Waals surface area (Å²) in [5, 5.41) is 3.05. The molecular formula is C11H15Cl2FN2O. The molecule has 0 fully saturated rings. The zero-order valence-corrected chi connectivity index (χ0v) is 11.2. The van der Waals surface area contributed by atoms with Crippen molar-refractivity contribution in [3.8, 4) is 0 Å². The van der Waals surface area contributed by atoms with E-state index in [0.29, 0.717) is 13.1 Å². The van der Waals surface area contributed by atoms with Crippen LogP contribution in [0, 0.1) is 5.82 Å². The highest BCUT2D eigenvalue weighted by Gasteiger charge is 2.18. The molecule has 1 aromatic carbocycles. The molecule has 0 aromatic heterocycles. The molecule has 0 aliphatic heterocycles. The van der Waals surface area contributed by atoms with Crippen molar-refractivity contribution in [3.63, 3.8) is 0 Å². The summed E-state index contributed by atoms with van der Waals surface area (Å²) >= 11 is 5.80. The van der Waals surface area contributed by atoms with Crippen molar-refractivity contribution in [2.75, 3.05) is 27.2 Å². The van der Waals surface area contributed by atoms with E-state index in [2.05, 4.69) is 5.32 Å². The lowest BCUT2D eigenvalue weighted by atomic mass is 10.2. The largest absolute Gasteiger partial charge is 0.340 e. The lowest BCUT2D eigenvalue weighted by Crippen LogP contribution is -2.33. The molecule has 0 radical (unpaired) electrons. The van der Waals surface area contributed by atoms with Gasteiger partial charge in [0.2, 0.25) is 0 Å². The minimum Gasteiger partial charge on any atom is -0.340 e. The maximum atomic E-state index is 13.4. The molecular weight excluding hydrogens is 266 g/mol. The van der Waals surface area contributed by atoms with Gasteiger partial charge in [0.25, 0.3) is 5.91 Å². The third kappa shape index (κ3) is 4.15. The van der Waals surface area contributed by atoms with E-state index in [4.69, 9.17) is 11.6 Å². The Kier molecular flexibility index (Phi) is 7.11. The van der Waals surface area contributed by atoms with Crippen molar-refractivity contribution in [2.45, 2.75) is 0 Å². The number of likely N-dealkylation sites (N-methyl/N-ethyl adjacent to an activating group) is 2. The Labute approximate surface area is 111 Å². The highest BCUT2D eigenvalue weighted by atomic mass is 35.5. The summed E-state index contributed by atoms with van der Waals surface area (Å²) in [6.45, 7) is 1.15. The fourth-order valence-corrected chi connectivity index (χ4v) is 1.52. The zero-order valence-electron chi connectivity index (χ0n) is 9.67. The number of amides is 1. The molecule has 3 nitrogen and oxygen atoms in total. The third-order valence-electron chi connectivity index (χ3n) is 2.22. The Morgan fingerprint density at radius 3 is 2.71 bits per heavy atom. The maximum absolute atomic E-state index is 13.4. The second-order valence-electron chi connectivity index (χ2n) is 3.43. The molecule has 1 rings (SSSR count). The van der Waals surface area contributed by atoms with Crippen LogP contribution in [0.5, 0.6) is 0 Å².